The van der Waals surface area contributed by atoms with Crippen molar-refractivity contribution in [2.45, 2.75) is 290 Å². The van der Waals surface area contributed by atoms with Gasteiger partial charge < -0.3 is 0 Å². The average molecular weight is 1930 g/mol. The third-order valence-corrected chi connectivity index (χ3v) is 40.6. The van der Waals surface area contributed by atoms with Gasteiger partial charge in [-0.15, -0.1) is 0 Å². The Morgan fingerprint density at radius 2 is 0.486 bits per heavy atom. The molecule has 0 saturated heterocycles. The Hall–Kier alpha value is -13.5. The van der Waals surface area contributed by atoms with Gasteiger partial charge >= 0.3 is 0 Å². The van der Waals surface area contributed by atoms with E-state index >= 15 is 0 Å². The van der Waals surface area contributed by atoms with Crippen LogP contribution in [-0.4, -0.2) is 37.0 Å². The molecule has 13 heteroatoms. The van der Waals surface area contributed by atoms with Gasteiger partial charge in [-0.3, -0.25) is 15.0 Å². The Morgan fingerprint density at radius 1 is 0.212 bits per heavy atom. The third-order valence-electron chi connectivity index (χ3n) is 40.6. The van der Waals surface area contributed by atoms with Gasteiger partial charge in [0.15, 0.2) is 39.9 Å². The normalized spacial score (nSPS) is 17.0. The summed E-state index contributed by atoms with van der Waals surface area (Å²) in [4.78, 5) is 14.9. The monoisotopic (exact) mass is 1930 g/mol. The van der Waals surface area contributed by atoms with E-state index < -0.39 is 0 Å². The summed E-state index contributed by atoms with van der Waals surface area (Å²) in [6.07, 6.45) is 13.1. The maximum absolute atomic E-state index is 5.06. The van der Waals surface area contributed by atoms with Crippen LogP contribution >= 0.6 is 0 Å². The number of benzene rings is 9. The number of rotatable bonds is 2. The molecular weight excluding hydrogens is 1780 g/mol. The first-order valence-corrected chi connectivity index (χ1v) is 53.1. The fourth-order valence-electron chi connectivity index (χ4n) is 27.7. The third kappa shape index (κ3) is 11.8. The van der Waals surface area contributed by atoms with Crippen molar-refractivity contribution < 1.29 is 22.8 Å². The first kappa shape index (κ1) is 96.0. The summed E-state index contributed by atoms with van der Waals surface area (Å²) in [6.45, 7) is 79.2. The largest absolute Gasteiger partial charge is 0.297 e. The zero-order valence-corrected chi connectivity index (χ0v) is 94.2. The topological polar surface area (TPSA) is 80.1 Å². The highest BCUT2D eigenvalue weighted by molar-refractivity contribution is 6.19. The van der Waals surface area contributed by atoms with E-state index in [9.17, 15) is 0 Å². The lowest BCUT2D eigenvalue weighted by molar-refractivity contribution is -0.644. The summed E-state index contributed by atoms with van der Waals surface area (Å²) < 4.78 is 24.7. The minimum atomic E-state index is -0.0869. The van der Waals surface area contributed by atoms with E-state index in [4.69, 9.17) is 15.0 Å². The molecule has 0 aliphatic carbocycles. The highest BCUT2D eigenvalue weighted by Gasteiger charge is 2.58. The van der Waals surface area contributed by atoms with Crippen LogP contribution in [0.1, 0.15) is 273 Å². The molecule has 9 aromatic carbocycles. The predicted octanol–water partition coefficient (Wildman–Crippen LogP) is 29.0. The van der Waals surface area contributed by atoms with E-state index in [1.54, 1.807) is 0 Å². The molecule has 5 aliphatic heterocycles. The van der Waals surface area contributed by atoms with Crippen molar-refractivity contribution in [1.29, 1.82) is 0 Å². The summed E-state index contributed by atoms with van der Waals surface area (Å²) in [5.41, 5.74) is 54.3. The molecule has 22 aromatic rings. The van der Waals surface area contributed by atoms with Crippen LogP contribution in [0.4, 0.5) is 0 Å². The Morgan fingerprint density at radius 3 is 0.863 bits per heavy atom. The number of pyridine rings is 8. The smallest absolute Gasteiger partial charge is 0.255 e. The lowest BCUT2D eigenvalue weighted by Gasteiger charge is -2.43. The zero-order chi connectivity index (χ0) is 104. The molecule has 740 valence electrons. The zero-order valence-electron chi connectivity index (χ0n) is 94.2. The Kier molecular flexibility index (Phi) is 20.3. The molecular formula is C133H148N13+5. The van der Waals surface area contributed by atoms with Gasteiger partial charge in [-0.05, 0) is 181 Å². The van der Waals surface area contributed by atoms with Crippen molar-refractivity contribution in [2.24, 2.45) is 35.2 Å². The Labute approximate surface area is 861 Å². The number of para-hydroxylation sites is 1. The number of imidazole rings is 5. The molecule has 0 N–H and O–H groups in total. The van der Waals surface area contributed by atoms with Crippen LogP contribution in [0, 0.1) is 96.9 Å². The average Bonchev–Trinajstić information content (AvgIpc) is 1.44. The lowest BCUT2D eigenvalue weighted by atomic mass is 9.60. The van der Waals surface area contributed by atoms with Gasteiger partial charge in [0.2, 0.25) is 0 Å². The molecule has 13 aromatic heterocycles. The molecule has 0 bridgehead atoms. The molecule has 0 atom stereocenters. The van der Waals surface area contributed by atoms with Crippen LogP contribution in [0.2, 0.25) is 0 Å². The molecule has 27 rings (SSSR count). The maximum Gasteiger partial charge on any atom is 0.297 e. The number of hydrogen-bond donors (Lipinski definition) is 0. The van der Waals surface area contributed by atoms with Crippen LogP contribution in [0.15, 0.2) is 189 Å². The number of fused-ring (bicyclic) bond motifs is 15. The van der Waals surface area contributed by atoms with Crippen molar-refractivity contribution >= 4 is 137 Å². The van der Waals surface area contributed by atoms with Crippen molar-refractivity contribution in [2.75, 3.05) is 0 Å². The number of aromatic nitrogens is 13. The number of aryl methyl sites for hydroxylation is 19. The molecule has 0 unspecified atom stereocenters. The first-order valence-electron chi connectivity index (χ1n) is 53.1. The molecule has 18 heterocycles. The quantitative estimate of drug-likeness (QED) is 0.128. The molecule has 0 saturated carbocycles. The molecule has 0 spiro atoms. The van der Waals surface area contributed by atoms with Crippen molar-refractivity contribution in [3.63, 3.8) is 0 Å². The summed E-state index contributed by atoms with van der Waals surface area (Å²) in [5, 5.41) is 16.0. The van der Waals surface area contributed by atoms with Crippen molar-refractivity contribution in [3.05, 3.63) is 323 Å². The van der Waals surface area contributed by atoms with Crippen LogP contribution < -0.4 is 22.8 Å². The summed E-state index contributed by atoms with van der Waals surface area (Å²) in [5.74, 6) is 0. The van der Waals surface area contributed by atoms with Gasteiger partial charge in [-0.1, -0.05) is 284 Å². The van der Waals surface area contributed by atoms with E-state index in [1.807, 2.05) is 18.6 Å². The fraction of sp³-hybridized carbons (Fsp3) is 0.368. The second-order valence-electron chi connectivity index (χ2n) is 50.2. The van der Waals surface area contributed by atoms with Gasteiger partial charge in [0.25, 0.3) is 28.2 Å². The molecule has 0 fully saturated rings. The molecule has 0 amide bonds. The minimum Gasteiger partial charge on any atom is -0.255 e. The van der Waals surface area contributed by atoms with Gasteiger partial charge in [-0.25, -0.2) is 22.8 Å². The van der Waals surface area contributed by atoms with Crippen LogP contribution in [0.25, 0.3) is 160 Å². The summed E-state index contributed by atoms with van der Waals surface area (Å²) >= 11 is 0. The van der Waals surface area contributed by atoms with E-state index in [2.05, 4.69) is 486 Å². The van der Waals surface area contributed by atoms with Crippen LogP contribution in [-0.2, 0) is 89.4 Å². The molecule has 13 nitrogen and oxygen atoms in total. The molecule has 0 radical (unpaired) electrons. The van der Waals surface area contributed by atoms with Gasteiger partial charge in [0, 0.05) is 139 Å². The Bertz CT molecular complexity index is 9230. The first-order chi connectivity index (χ1) is 68.5. The van der Waals surface area contributed by atoms with Gasteiger partial charge in [0.05, 0.1) is 89.5 Å². The lowest BCUT2D eigenvalue weighted by Crippen LogP contribution is -2.44. The van der Waals surface area contributed by atoms with Crippen molar-refractivity contribution in [3.8, 4) is 22.5 Å². The Balaban J connectivity index is 0.000000101. The highest BCUT2D eigenvalue weighted by atomic mass is 15.2. The second kappa shape index (κ2) is 30.8. The standard InChI is InChI=1S/C31H33N2.C30H32N3.C25H29N2.C24H28N3.C23H26N3/c1-18-14-16-22-24-19(2)15-17-23-27(24)33-28(31(6,7)30(23,4)5)26(21-12-10-9-11-13-21)32(8)29(33)25(22)20(18)3;1-17-14-15-21-26-22(17)24-23(19(3)18(2)16-31-24)28-32(8)25(20-12-10-9-11-13-20)27(33(26)28)30(6,7)29(21,4)5;1-14-9-11-17-20-15(2)10-12-18-22(20)27-19(25(6,7)24(18,4)5)13-26(8)23(27)21(17)16(14)3;1-13-9-10-16-21-18(13)20-19(15(3)14(2)11-25-20)22-26(8)12-17(27(21)22)24(6,7)23(16,4)5;1-13-11-24-19-15-9-8-10-16-20(15)26-17(23(5,6)22(16,3)4)12-25(7)21(26)18(19)14(13)2/h9-17H,1-8H3;9-16H,1-8H3;9-13H,1-8H3;9-12H,1-8H3;8-12H,1-7H3/q5*+1. The van der Waals surface area contributed by atoms with E-state index in [0.717, 1.165) is 16.6 Å². The highest BCUT2D eigenvalue weighted by Crippen LogP contribution is 2.60. The van der Waals surface area contributed by atoms with E-state index in [0.29, 0.717) is 0 Å². The second-order valence-corrected chi connectivity index (χ2v) is 50.2. The predicted molar refractivity (Wildman–Crippen MR) is 609 cm³/mol. The maximum atomic E-state index is 5.06. The summed E-state index contributed by atoms with van der Waals surface area (Å²) in [7, 11) is 11.0. The van der Waals surface area contributed by atoms with E-state index in [-0.39, 0.29) is 54.1 Å². The summed E-state index contributed by atoms with van der Waals surface area (Å²) in [6, 6.07) is 56.5. The van der Waals surface area contributed by atoms with Crippen molar-refractivity contribution in [1.82, 2.24) is 37.0 Å². The molecule has 146 heavy (non-hydrogen) atoms. The van der Waals surface area contributed by atoms with Crippen LogP contribution in [0.3, 0.4) is 0 Å². The minimum absolute atomic E-state index is 0.0190. The fourth-order valence-corrected chi connectivity index (χ4v) is 27.7. The van der Waals surface area contributed by atoms with Gasteiger partial charge in [0.1, 0.15) is 46.2 Å². The number of nitrogens with zero attached hydrogens (tertiary/aromatic N) is 13. The molecule has 5 aliphatic rings. The van der Waals surface area contributed by atoms with E-state index in [1.165, 1.54) is 277 Å². The SMILES string of the molecule is Cc1ccc2c3c(C)ccc4c3n3c(c(-c5ccccc5)[n+](C)c3c2c1C)C(C)(C)C4(C)C.Cc1ccc2c3c(C)ccc4c3n3c(c[n+](C)c3c2c1C)C(C)(C)C4(C)C.Cc1cnc2c3c(C)ccc4c3n3c(c(-c5ccccc5)[n+](C)c3c2c1C)C(C)(C)C4(C)C.Cc1cnc2c3c(C)ccc4c3n3c(c[n+](C)c3c2c1C)C(C)(C)C4(C)C.Cc1cnc2c3cccc4c3n3c(c[n+](C)c3c2c1C)C(C)(C)C4(C)C. The number of hydrogen-bond acceptors (Lipinski definition) is 3. The van der Waals surface area contributed by atoms with Crippen LogP contribution in [0.5, 0.6) is 0 Å². The van der Waals surface area contributed by atoms with Gasteiger partial charge in [-0.2, -0.15) is 22.0 Å².